The molecule has 4 heteroatoms. The van der Waals surface area contributed by atoms with Crippen molar-refractivity contribution in [2.24, 2.45) is 0 Å². The fourth-order valence-corrected chi connectivity index (χ4v) is 3.47. The van der Waals surface area contributed by atoms with E-state index in [-0.39, 0.29) is 12.1 Å². The second-order valence-electron chi connectivity index (χ2n) is 5.15. The predicted octanol–water partition coefficient (Wildman–Crippen LogP) is 3.41. The molecule has 0 aliphatic heterocycles. The standard InChI is InChI=1S/C19H22O3Si/c1-2-18(20)21-14-9-15-23-22-19(16-10-5-3-6-11-16)17-12-7-4-8-13-17/h2-8,10-13,19H,1,9,14-15,23H2. The fourth-order valence-electron chi connectivity index (χ4n) is 2.28. The van der Waals surface area contributed by atoms with Crippen molar-refractivity contribution in [3.8, 4) is 0 Å². The van der Waals surface area contributed by atoms with Crippen LogP contribution in [0.1, 0.15) is 23.7 Å². The smallest absolute Gasteiger partial charge is 0.330 e. The van der Waals surface area contributed by atoms with Crippen LogP contribution in [0.15, 0.2) is 73.3 Å². The Hall–Kier alpha value is -2.17. The molecule has 0 fully saturated rings. The maximum absolute atomic E-state index is 11.0. The summed E-state index contributed by atoms with van der Waals surface area (Å²) < 4.78 is 11.2. The minimum Gasteiger partial charge on any atom is -0.463 e. The molecular formula is C19H22O3Si. The first-order valence-corrected chi connectivity index (χ1v) is 9.39. The molecule has 0 aromatic heterocycles. The highest BCUT2D eigenvalue weighted by Gasteiger charge is 2.13. The Bertz CT molecular complexity index is 559. The van der Waals surface area contributed by atoms with E-state index in [1.54, 1.807) is 0 Å². The molecule has 0 bridgehead atoms. The zero-order chi connectivity index (χ0) is 16.3. The minimum atomic E-state index is -0.692. The fraction of sp³-hybridized carbons (Fsp3) is 0.211. The molecule has 0 saturated carbocycles. The molecule has 0 atom stereocenters. The van der Waals surface area contributed by atoms with Gasteiger partial charge in [-0.25, -0.2) is 4.79 Å². The van der Waals surface area contributed by atoms with Crippen LogP contribution < -0.4 is 0 Å². The van der Waals surface area contributed by atoms with Gasteiger partial charge in [0.2, 0.25) is 0 Å². The number of esters is 1. The van der Waals surface area contributed by atoms with Gasteiger partial charge >= 0.3 is 5.97 Å². The zero-order valence-electron chi connectivity index (χ0n) is 13.2. The summed E-state index contributed by atoms with van der Waals surface area (Å²) in [6.45, 7) is 3.81. The topological polar surface area (TPSA) is 35.5 Å². The Balaban J connectivity index is 1.87. The summed E-state index contributed by atoms with van der Waals surface area (Å²) in [4.78, 5) is 11.0. The number of rotatable bonds is 9. The van der Waals surface area contributed by atoms with Crippen LogP contribution in [-0.4, -0.2) is 22.3 Å². The second kappa shape index (κ2) is 9.76. The van der Waals surface area contributed by atoms with Gasteiger partial charge in [-0.1, -0.05) is 67.2 Å². The lowest BCUT2D eigenvalue weighted by molar-refractivity contribution is -0.137. The molecule has 0 aliphatic rings. The third-order valence-electron chi connectivity index (χ3n) is 3.44. The molecule has 0 radical (unpaired) electrons. The number of hydrogen-bond acceptors (Lipinski definition) is 3. The van der Waals surface area contributed by atoms with Gasteiger partial charge in [0.05, 0.1) is 12.7 Å². The number of carbonyl (C=O) groups is 1. The van der Waals surface area contributed by atoms with E-state index in [4.69, 9.17) is 9.16 Å². The van der Waals surface area contributed by atoms with Gasteiger partial charge in [-0.3, -0.25) is 0 Å². The van der Waals surface area contributed by atoms with Crippen LogP contribution in [0.5, 0.6) is 0 Å². The largest absolute Gasteiger partial charge is 0.463 e. The summed E-state index contributed by atoms with van der Waals surface area (Å²) >= 11 is 0. The molecule has 0 heterocycles. The Labute approximate surface area is 139 Å². The Kier molecular flexibility index (Phi) is 7.30. The van der Waals surface area contributed by atoms with Crippen LogP contribution in [0.25, 0.3) is 0 Å². The average molecular weight is 326 g/mol. The highest BCUT2D eigenvalue weighted by atomic mass is 28.2. The molecule has 0 spiro atoms. The molecule has 23 heavy (non-hydrogen) atoms. The van der Waals surface area contributed by atoms with Crippen molar-refractivity contribution in [3.05, 3.63) is 84.4 Å². The molecule has 120 valence electrons. The first kappa shape index (κ1) is 17.2. The maximum Gasteiger partial charge on any atom is 0.330 e. The third-order valence-corrected chi connectivity index (χ3v) is 4.80. The normalized spacial score (nSPS) is 11.0. The van der Waals surface area contributed by atoms with Gasteiger partial charge in [-0.05, 0) is 23.6 Å². The van der Waals surface area contributed by atoms with Crippen molar-refractivity contribution in [2.75, 3.05) is 6.61 Å². The number of hydrogen-bond donors (Lipinski definition) is 0. The molecule has 2 aromatic rings. The Morgan fingerprint density at radius 2 is 1.61 bits per heavy atom. The van der Waals surface area contributed by atoms with Crippen LogP contribution >= 0.6 is 0 Å². The summed E-state index contributed by atoms with van der Waals surface area (Å²) in [7, 11) is -0.692. The second-order valence-corrected chi connectivity index (χ2v) is 6.60. The van der Waals surface area contributed by atoms with Gasteiger partial charge in [0.15, 0.2) is 9.76 Å². The van der Waals surface area contributed by atoms with Gasteiger partial charge in [0.25, 0.3) is 0 Å². The summed E-state index contributed by atoms with van der Waals surface area (Å²) in [5.41, 5.74) is 2.34. The molecule has 2 rings (SSSR count). The highest BCUT2D eigenvalue weighted by molar-refractivity contribution is 6.27. The van der Waals surface area contributed by atoms with Crippen LogP contribution in [0.4, 0.5) is 0 Å². The Morgan fingerprint density at radius 1 is 1.04 bits per heavy atom. The van der Waals surface area contributed by atoms with Crippen LogP contribution in [0.2, 0.25) is 6.04 Å². The zero-order valence-corrected chi connectivity index (χ0v) is 14.6. The first-order chi connectivity index (χ1) is 11.3. The van der Waals surface area contributed by atoms with E-state index in [0.29, 0.717) is 6.61 Å². The molecular weight excluding hydrogens is 304 g/mol. The quantitative estimate of drug-likeness (QED) is 0.307. The SMILES string of the molecule is C=CC(=O)OCCC[SiH2]OC(c1ccccc1)c1ccccc1. The number of benzene rings is 2. The Morgan fingerprint density at radius 3 is 2.13 bits per heavy atom. The van der Waals surface area contributed by atoms with E-state index < -0.39 is 9.76 Å². The van der Waals surface area contributed by atoms with Crippen molar-refractivity contribution in [3.63, 3.8) is 0 Å². The van der Waals surface area contributed by atoms with Gasteiger partial charge < -0.3 is 9.16 Å². The molecule has 0 amide bonds. The average Bonchev–Trinajstić information content (AvgIpc) is 2.62. The summed E-state index contributed by atoms with van der Waals surface area (Å²) in [6.07, 6.45) is 2.01. The van der Waals surface area contributed by atoms with Crippen LogP contribution in [-0.2, 0) is 14.0 Å². The van der Waals surface area contributed by atoms with E-state index in [9.17, 15) is 4.79 Å². The molecule has 3 nitrogen and oxygen atoms in total. The van der Waals surface area contributed by atoms with Crippen molar-refractivity contribution in [2.45, 2.75) is 18.6 Å². The van der Waals surface area contributed by atoms with E-state index in [1.807, 2.05) is 36.4 Å². The monoisotopic (exact) mass is 326 g/mol. The highest BCUT2D eigenvalue weighted by Crippen LogP contribution is 2.25. The van der Waals surface area contributed by atoms with Gasteiger partial charge in [0, 0.05) is 6.08 Å². The molecule has 0 N–H and O–H groups in total. The van der Waals surface area contributed by atoms with Gasteiger partial charge in [-0.15, -0.1) is 0 Å². The predicted molar refractivity (Wildman–Crippen MR) is 94.9 cm³/mol. The van der Waals surface area contributed by atoms with E-state index in [0.717, 1.165) is 12.5 Å². The van der Waals surface area contributed by atoms with Crippen LogP contribution in [0, 0.1) is 0 Å². The van der Waals surface area contributed by atoms with Gasteiger partial charge in [-0.2, -0.15) is 0 Å². The summed E-state index contributed by atoms with van der Waals surface area (Å²) in [5.74, 6) is -0.362. The van der Waals surface area contributed by atoms with Crippen molar-refractivity contribution in [1.82, 2.24) is 0 Å². The van der Waals surface area contributed by atoms with Crippen molar-refractivity contribution >= 4 is 15.7 Å². The minimum absolute atomic E-state index is 0.0141. The number of carbonyl (C=O) groups excluding carboxylic acids is 1. The van der Waals surface area contributed by atoms with E-state index in [2.05, 4.69) is 30.8 Å². The van der Waals surface area contributed by atoms with Gasteiger partial charge in [0.1, 0.15) is 0 Å². The summed E-state index contributed by atoms with van der Waals surface area (Å²) in [5, 5.41) is 0. The van der Waals surface area contributed by atoms with E-state index >= 15 is 0 Å². The third kappa shape index (κ3) is 5.85. The number of ether oxygens (including phenoxy) is 1. The van der Waals surface area contributed by atoms with Crippen molar-refractivity contribution < 1.29 is 14.0 Å². The van der Waals surface area contributed by atoms with Crippen LogP contribution in [0.3, 0.4) is 0 Å². The van der Waals surface area contributed by atoms with E-state index in [1.165, 1.54) is 17.2 Å². The lowest BCUT2D eigenvalue weighted by atomic mass is 10.0. The lowest BCUT2D eigenvalue weighted by Crippen LogP contribution is -2.10. The summed E-state index contributed by atoms with van der Waals surface area (Å²) in [6, 6.07) is 21.5. The molecule has 0 unspecified atom stereocenters. The lowest BCUT2D eigenvalue weighted by Gasteiger charge is -2.19. The first-order valence-electron chi connectivity index (χ1n) is 7.82. The molecule has 0 saturated heterocycles. The maximum atomic E-state index is 11.0. The molecule has 0 aliphatic carbocycles. The van der Waals surface area contributed by atoms with Crippen molar-refractivity contribution in [1.29, 1.82) is 0 Å². The molecule has 2 aromatic carbocycles.